The summed E-state index contributed by atoms with van der Waals surface area (Å²) in [6.07, 6.45) is 0. The third kappa shape index (κ3) is 4.60. The van der Waals surface area contributed by atoms with Gasteiger partial charge in [0, 0.05) is 38.1 Å². The molecule has 3 aromatic heterocycles. The molecule has 12 rings (SSSR count). The van der Waals surface area contributed by atoms with Crippen LogP contribution in [0.3, 0.4) is 0 Å². The maximum absolute atomic E-state index is 6.39. The summed E-state index contributed by atoms with van der Waals surface area (Å²) in [6, 6.07) is 66.7. The number of fused-ring (bicyclic) bond motifs is 9. The summed E-state index contributed by atoms with van der Waals surface area (Å²) in [7, 11) is 0. The van der Waals surface area contributed by atoms with Gasteiger partial charge in [0.25, 0.3) is 0 Å². The van der Waals surface area contributed by atoms with Gasteiger partial charge in [-0.05, 0) is 68.6 Å². The molecule has 0 N–H and O–H groups in total. The Kier molecular flexibility index (Phi) is 6.60. The zero-order chi connectivity index (χ0) is 36.7. The van der Waals surface area contributed by atoms with Crippen molar-refractivity contribution in [2.24, 2.45) is 0 Å². The van der Waals surface area contributed by atoms with E-state index < -0.39 is 0 Å². The van der Waals surface area contributed by atoms with Gasteiger partial charge in [-0.3, -0.25) is 4.57 Å². The number of benzene rings is 9. The molecule has 0 fully saturated rings. The molecule has 0 amide bonds. The third-order valence-electron chi connectivity index (χ3n) is 11.4. The number of furan rings is 1. The minimum Gasteiger partial charge on any atom is -0.456 e. The van der Waals surface area contributed by atoms with Crippen LogP contribution in [-0.2, 0) is 0 Å². The number of hydrogen-bond donors (Lipinski definition) is 0. The van der Waals surface area contributed by atoms with E-state index in [0.29, 0.717) is 5.95 Å². The quantitative estimate of drug-likeness (QED) is 0.182. The lowest BCUT2D eigenvalue weighted by molar-refractivity contribution is 0.669. The Hall–Kier alpha value is -7.56. The van der Waals surface area contributed by atoms with Gasteiger partial charge in [-0.25, -0.2) is 9.97 Å². The van der Waals surface area contributed by atoms with Crippen molar-refractivity contribution in [3.05, 3.63) is 188 Å². The SMILES string of the molecule is c1ccc2cc3c(cc2c1)c1cccc(-c2cccc4oc5ccccc5c24)c1n3-c1nc(-c2ccc(-c3cccc4ccccc34)cc2)c2ccccc2n1. The van der Waals surface area contributed by atoms with E-state index in [1.54, 1.807) is 0 Å². The highest BCUT2D eigenvalue weighted by Gasteiger charge is 2.22. The molecular weight excluding hydrogens is 683 g/mol. The molecule has 260 valence electrons. The third-order valence-corrected chi connectivity index (χ3v) is 11.4. The maximum atomic E-state index is 6.39. The van der Waals surface area contributed by atoms with Gasteiger partial charge in [0.05, 0.1) is 22.2 Å². The maximum Gasteiger partial charge on any atom is 0.235 e. The van der Waals surface area contributed by atoms with Crippen LogP contribution in [-0.4, -0.2) is 14.5 Å². The number of nitrogens with zero attached hydrogens (tertiary/aromatic N) is 3. The van der Waals surface area contributed by atoms with Crippen LogP contribution >= 0.6 is 0 Å². The van der Waals surface area contributed by atoms with Crippen molar-refractivity contribution in [3.63, 3.8) is 0 Å². The molecule has 0 aliphatic rings. The lowest BCUT2D eigenvalue weighted by atomic mass is 9.96. The molecule has 3 heterocycles. The highest BCUT2D eigenvalue weighted by Crippen LogP contribution is 2.44. The molecule has 0 bridgehead atoms. The largest absolute Gasteiger partial charge is 0.456 e. The van der Waals surface area contributed by atoms with Crippen molar-refractivity contribution >= 4 is 76.2 Å². The van der Waals surface area contributed by atoms with Crippen LogP contribution in [0.4, 0.5) is 0 Å². The molecule has 0 saturated heterocycles. The van der Waals surface area contributed by atoms with Gasteiger partial charge in [0.1, 0.15) is 11.2 Å². The van der Waals surface area contributed by atoms with Crippen LogP contribution in [0.15, 0.2) is 192 Å². The van der Waals surface area contributed by atoms with E-state index in [4.69, 9.17) is 14.4 Å². The Balaban J connectivity index is 1.14. The summed E-state index contributed by atoms with van der Waals surface area (Å²) in [6.45, 7) is 0. The van der Waals surface area contributed by atoms with Crippen LogP contribution in [0.2, 0.25) is 0 Å². The minimum absolute atomic E-state index is 0.629. The van der Waals surface area contributed by atoms with E-state index >= 15 is 0 Å². The van der Waals surface area contributed by atoms with Gasteiger partial charge in [0.2, 0.25) is 5.95 Å². The van der Waals surface area contributed by atoms with Crippen LogP contribution in [0.1, 0.15) is 0 Å². The number of aromatic nitrogens is 3. The lowest BCUT2D eigenvalue weighted by Crippen LogP contribution is -2.04. The molecule has 0 aliphatic carbocycles. The fourth-order valence-corrected chi connectivity index (χ4v) is 8.84. The van der Waals surface area contributed by atoms with Gasteiger partial charge in [-0.15, -0.1) is 0 Å². The Morgan fingerprint density at radius 2 is 1.00 bits per heavy atom. The predicted octanol–water partition coefficient (Wildman–Crippen LogP) is 13.9. The van der Waals surface area contributed by atoms with E-state index in [1.165, 1.54) is 32.7 Å². The molecule has 0 radical (unpaired) electrons. The molecule has 12 aromatic rings. The van der Waals surface area contributed by atoms with Gasteiger partial charge >= 0.3 is 0 Å². The van der Waals surface area contributed by atoms with Crippen molar-refractivity contribution in [3.8, 4) is 39.5 Å². The van der Waals surface area contributed by atoms with Crippen LogP contribution < -0.4 is 0 Å². The van der Waals surface area contributed by atoms with Gasteiger partial charge in [-0.1, -0.05) is 158 Å². The summed E-state index contributed by atoms with van der Waals surface area (Å²) in [4.78, 5) is 10.9. The van der Waals surface area contributed by atoms with E-state index in [9.17, 15) is 0 Å². The molecule has 56 heavy (non-hydrogen) atoms. The van der Waals surface area contributed by atoms with Crippen molar-refractivity contribution < 1.29 is 4.42 Å². The average molecular weight is 714 g/mol. The van der Waals surface area contributed by atoms with Crippen molar-refractivity contribution in [1.82, 2.24) is 14.5 Å². The molecule has 4 heteroatoms. The Labute approximate surface area is 321 Å². The van der Waals surface area contributed by atoms with E-state index in [1.807, 2.05) is 12.1 Å². The highest BCUT2D eigenvalue weighted by molar-refractivity contribution is 6.20. The van der Waals surface area contributed by atoms with E-state index in [0.717, 1.165) is 77.0 Å². The zero-order valence-electron chi connectivity index (χ0n) is 30.1. The van der Waals surface area contributed by atoms with E-state index in [-0.39, 0.29) is 0 Å². The van der Waals surface area contributed by atoms with Crippen molar-refractivity contribution in [1.29, 1.82) is 0 Å². The first kappa shape index (κ1) is 30.9. The smallest absolute Gasteiger partial charge is 0.235 e. The molecule has 4 nitrogen and oxygen atoms in total. The normalized spacial score (nSPS) is 11.9. The molecule has 0 atom stereocenters. The van der Waals surface area contributed by atoms with Crippen LogP contribution in [0, 0.1) is 0 Å². The second kappa shape index (κ2) is 12.0. The molecule has 0 saturated carbocycles. The standard InChI is InChI=1S/C52H31N3O/c1-2-14-36-31-46-44(30-35(36)13-1)41-22-10-21-40(39-20-11-25-48-49(39)43-18-6-8-24-47(43)56-48)51(41)55(46)52-53-45-23-7-5-17-42(45)50(54-52)34-28-26-33(27-29-34)38-19-9-15-32-12-3-4-16-37(32)38/h1-31H. The second-order valence-electron chi connectivity index (χ2n) is 14.5. The fourth-order valence-electron chi connectivity index (χ4n) is 8.84. The summed E-state index contributed by atoms with van der Waals surface area (Å²) in [5, 5.41) is 10.3. The predicted molar refractivity (Wildman–Crippen MR) is 232 cm³/mol. The Morgan fingerprint density at radius 1 is 0.393 bits per heavy atom. The average Bonchev–Trinajstić information content (AvgIpc) is 3.81. The Bertz CT molecular complexity index is 3530. The number of rotatable bonds is 4. The van der Waals surface area contributed by atoms with Crippen LogP contribution in [0.25, 0.3) is 116 Å². The summed E-state index contributed by atoms with van der Waals surface area (Å²) >= 11 is 0. The minimum atomic E-state index is 0.629. The fraction of sp³-hybridized carbons (Fsp3) is 0. The number of para-hydroxylation sites is 3. The molecule has 0 unspecified atom stereocenters. The molecule has 0 spiro atoms. The summed E-state index contributed by atoms with van der Waals surface area (Å²) in [5.41, 5.74) is 11.3. The molecular formula is C52H31N3O. The van der Waals surface area contributed by atoms with Gasteiger partial charge in [0.15, 0.2) is 0 Å². The topological polar surface area (TPSA) is 43.9 Å². The monoisotopic (exact) mass is 713 g/mol. The second-order valence-corrected chi connectivity index (χ2v) is 14.5. The van der Waals surface area contributed by atoms with Crippen molar-refractivity contribution in [2.45, 2.75) is 0 Å². The molecule has 9 aromatic carbocycles. The first-order valence-corrected chi connectivity index (χ1v) is 19.0. The first-order valence-electron chi connectivity index (χ1n) is 19.0. The first-order chi connectivity index (χ1) is 27.8. The van der Waals surface area contributed by atoms with Crippen LogP contribution in [0.5, 0.6) is 0 Å². The number of hydrogen-bond acceptors (Lipinski definition) is 3. The van der Waals surface area contributed by atoms with E-state index in [2.05, 4.69) is 180 Å². The van der Waals surface area contributed by atoms with Gasteiger partial charge < -0.3 is 4.42 Å². The summed E-state index contributed by atoms with van der Waals surface area (Å²) < 4.78 is 8.68. The molecule has 0 aliphatic heterocycles. The lowest BCUT2D eigenvalue weighted by Gasteiger charge is -2.14. The zero-order valence-corrected chi connectivity index (χ0v) is 30.1. The van der Waals surface area contributed by atoms with Gasteiger partial charge in [-0.2, -0.15) is 0 Å². The highest BCUT2D eigenvalue weighted by atomic mass is 16.3. The Morgan fingerprint density at radius 3 is 1.88 bits per heavy atom. The van der Waals surface area contributed by atoms with Crippen molar-refractivity contribution in [2.75, 3.05) is 0 Å². The summed E-state index contributed by atoms with van der Waals surface area (Å²) in [5.74, 6) is 0.629.